The minimum absolute atomic E-state index is 0.145. The number of carboxylic acid groups (broad SMARTS) is 1. The number of ether oxygens (including phenoxy) is 1. The summed E-state index contributed by atoms with van der Waals surface area (Å²) in [6.45, 7) is 6.20. The third kappa shape index (κ3) is 6.87. The van der Waals surface area contributed by atoms with Gasteiger partial charge in [0.05, 0.1) is 36.7 Å². The van der Waals surface area contributed by atoms with E-state index in [4.69, 9.17) is 21.4 Å². The fourth-order valence-electron chi connectivity index (χ4n) is 4.40. The van der Waals surface area contributed by atoms with Gasteiger partial charge in [-0.3, -0.25) is 14.9 Å². The molecule has 10 nitrogen and oxygen atoms in total. The number of carboxylic acids is 1. The van der Waals surface area contributed by atoms with Crippen LogP contribution in [-0.2, 0) is 14.4 Å². The van der Waals surface area contributed by atoms with Crippen LogP contribution in [0.15, 0.2) is 18.2 Å². The molecule has 0 unspecified atom stereocenters. The lowest BCUT2D eigenvalue weighted by Crippen LogP contribution is -2.67. The minimum Gasteiger partial charge on any atom is -0.492 e. The normalized spacial score (nSPS) is 18.4. The van der Waals surface area contributed by atoms with Crippen molar-refractivity contribution in [1.29, 1.82) is 0 Å². The lowest BCUT2D eigenvalue weighted by atomic mass is 9.85. The molecule has 0 aromatic heterocycles. The summed E-state index contributed by atoms with van der Waals surface area (Å²) in [5.74, 6) is -1.48. The van der Waals surface area contributed by atoms with Crippen molar-refractivity contribution >= 4 is 41.7 Å². The van der Waals surface area contributed by atoms with Crippen LogP contribution < -0.4 is 15.4 Å². The fourth-order valence-corrected chi connectivity index (χ4v) is 4.66. The van der Waals surface area contributed by atoms with E-state index in [0.29, 0.717) is 37.4 Å². The molecule has 1 aromatic rings. The molecule has 1 aliphatic heterocycles. The van der Waals surface area contributed by atoms with Gasteiger partial charge in [-0.1, -0.05) is 38.4 Å². The van der Waals surface area contributed by atoms with Gasteiger partial charge >= 0.3 is 17.9 Å². The molecule has 2 fully saturated rings. The lowest BCUT2D eigenvalue weighted by molar-refractivity contribution is -0.761. The van der Waals surface area contributed by atoms with E-state index < -0.39 is 52.2 Å². The number of benzene rings is 1. The van der Waals surface area contributed by atoms with Gasteiger partial charge in [0.2, 0.25) is 0 Å². The minimum atomic E-state index is -1.27. The van der Waals surface area contributed by atoms with Crippen molar-refractivity contribution in [2.75, 3.05) is 19.7 Å². The number of hydrogen-bond donors (Lipinski definition) is 3. The number of halogens is 1. The summed E-state index contributed by atoms with van der Waals surface area (Å²) in [6.07, 6.45) is 3.11. The highest BCUT2D eigenvalue weighted by atomic mass is 35.5. The molecular weight excluding hydrogens is 502 g/mol. The summed E-state index contributed by atoms with van der Waals surface area (Å²) < 4.78 is 5.14. The van der Waals surface area contributed by atoms with Gasteiger partial charge in [-0.05, 0) is 36.3 Å². The number of carbonyl (C=O) groups is 5. The van der Waals surface area contributed by atoms with E-state index in [-0.39, 0.29) is 23.7 Å². The van der Waals surface area contributed by atoms with Crippen LogP contribution >= 0.6 is 11.6 Å². The predicted octanol–water partition coefficient (Wildman–Crippen LogP) is 3.16. The Balaban J connectivity index is 1.85. The van der Waals surface area contributed by atoms with E-state index in [2.05, 4.69) is 10.6 Å². The Morgan fingerprint density at radius 2 is 1.81 bits per heavy atom. The monoisotopic (exact) mass is 536 g/mol. The smallest absolute Gasteiger partial charge is 0.424 e. The van der Waals surface area contributed by atoms with Crippen LogP contribution in [0.5, 0.6) is 5.75 Å². The number of likely N-dealkylation sites (tertiary alicyclic amines) is 1. The molecule has 2 atom stereocenters. The Labute approximate surface area is 221 Å². The molecule has 3 rings (SSSR count). The molecule has 1 heterocycles. The molecule has 0 spiro atoms. The summed E-state index contributed by atoms with van der Waals surface area (Å²) in [5.41, 5.74) is -0.629. The zero-order chi connectivity index (χ0) is 27.4. The van der Waals surface area contributed by atoms with Gasteiger partial charge in [0.1, 0.15) is 18.1 Å². The number of aliphatic carboxylic acids is 1. The molecule has 1 saturated carbocycles. The fraction of sp³-hybridized carbons (Fsp3) is 0.577. The zero-order valence-electron chi connectivity index (χ0n) is 21.4. The first kappa shape index (κ1) is 28.6. The number of amides is 4. The first-order valence-electron chi connectivity index (χ1n) is 12.5. The van der Waals surface area contributed by atoms with Gasteiger partial charge in [-0.15, -0.1) is 0 Å². The number of hydrogen-bond acceptors (Lipinski definition) is 6. The molecule has 2 aliphatic rings. The Morgan fingerprint density at radius 1 is 1.16 bits per heavy atom. The maximum Gasteiger partial charge on any atom is 0.424 e. The van der Waals surface area contributed by atoms with Crippen LogP contribution in [0, 0.1) is 11.3 Å². The number of nitrogens with one attached hydrogen (secondary N) is 2. The van der Waals surface area contributed by atoms with E-state index >= 15 is 0 Å². The van der Waals surface area contributed by atoms with Crippen LogP contribution in [0.3, 0.4) is 0 Å². The predicted molar refractivity (Wildman–Crippen MR) is 135 cm³/mol. The summed E-state index contributed by atoms with van der Waals surface area (Å²) in [5, 5.41) is 14.4. The summed E-state index contributed by atoms with van der Waals surface area (Å²) in [6, 6.07) is 1.78. The Bertz CT molecular complexity index is 1060. The second-order valence-electron chi connectivity index (χ2n) is 10.9. The van der Waals surface area contributed by atoms with Crippen molar-refractivity contribution in [3.8, 4) is 5.75 Å². The number of rotatable bonds is 10. The van der Waals surface area contributed by atoms with Crippen LogP contribution in [0.4, 0.5) is 4.79 Å². The van der Waals surface area contributed by atoms with Crippen molar-refractivity contribution in [2.45, 2.75) is 65.0 Å². The standard InChI is InChI=1S/C26H34ClN3O7/c1-26(2,3)22(29-23(34)18-7-6-8-19(21(18)27)37-15-16-9-10-16)24(35)30(11-4-5-12-30)25(36)28-17(14-31)13-20(32)33/h6-8,14,16-17,22H,4-5,9-13,15H2,1-3H3,(H2-,28,29,32,33,34,36)/p+1/t17-,22+/m0/s1. The van der Waals surface area contributed by atoms with E-state index in [1.165, 1.54) is 0 Å². The van der Waals surface area contributed by atoms with Gasteiger partial charge in [0.25, 0.3) is 5.91 Å². The average molecular weight is 537 g/mol. The summed E-state index contributed by atoms with van der Waals surface area (Å²) in [4.78, 5) is 63.1. The summed E-state index contributed by atoms with van der Waals surface area (Å²) in [7, 11) is 0. The van der Waals surface area contributed by atoms with Gasteiger partial charge in [-0.25, -0.2) is 9.59 Å². The first-order chi connectivity index (χ1) is 17.4. The molecule has 11 heteroatoms. The van der Waals surface area contributed by atoms with Gasteiger partial charge in [0.15, 0.2) is 6.04 Å². The van der Waals surface area contributed by atoms with Gasteiger partial charge < -0.3 is 20.0 Å². The van der Waals surface area contributed by atoms with Crippen molar-refractivity contribution < 1.29 is 38.3 Å². The summed E-state index contributed by atoms with van der Waals surface area (Å²) >= 11 is 6.48. The Kier molecular flexibility index (Phi) is 8.96. The van der Waals surface area contributed by atoms with Crippen LogP contribution in [0.25, 0.3) is 0 Å². The van der Waals surface area contributed by atoms with Crippen LogP contribution in [0.1, 0.15) is 63.2 Å². The maximum absolute atomic E-state index is 14.0. The Morgan fingerprint density at radius 3 is 2.35 bits per heavy atom. The lowest BCUT2D eigenvalue weighted by Gasteiger charge is -2.37. The second kappa shape index (κ2) is 11.6. The highest BCUT2D eigenvalue weighted by Gasteiger charge is 2.53. The number of urea groups is 1. The number of imide groups is 1. The molecule has 1 aromatic carbocycles. The zero-order valence-corrected chi connectivity index (χ0v) is 22.2. The quantitative estimate of drug-likeness (QED) is 0.308. The van der Waals surface area contributed by atoms with Gasteiger partial charge in [0, 0.05) is 12.8 Å². The highest BCUT2D eigenvalue weighted by molar-refractivity contribution is 6.35. The molecule has 3 N–H and O–H groups in total. The van der Waals surface area contributed by atoms with Crippen molar-refractivity contribution in [3.63, 3.8) is 0 Å². The van der Waals surface area contributed by atoms with E-state index in [1.807, 2.05) is 0 Å². The largest absolute Gasteiger partial charge is 0.492 e. The maximum atomic E-state index is 14.0. The molecule has 202 valence electrons. The molecule has 1 saturated heterocycles. The van der Waals surface area contributed by atoms with E-state index in [0.717, 1.165) is 12.8 Å². The number of carbonyl (C=O) groups excluding carboxylic acids is 4. The SMILES string of the molecule is CC(C)(C)[C@H](NC(=O)c1cccc(OCC2CC2)c1Cl)C(=O)[N+]1(C(=O)N[C@H](C=O)CC(=O)O)CCCC1. The van der Waals surface area contributed by atoms with E-state index in [1.54, 1.807) is 39.0 Å². The molecule has 0 bridgehead atoms. The van der Waals surface area contributed by atoms with E-state index in [9.17, 15) is 24.0 Å². The molecule has 37 heavy (non-hydrogen) atoms. The third-order valence-electron chi connectivity index (χ3n) is 6.78. The third-order valence-corrected chi connectivity index (χ3v) is 7.17. The van der Waals surface area contributed by atoms with Crippen molar-refractivity contribution in [2.24, 2.45) is 11.3 Å². The number of nitrogens with zero attached hydrogens (tertiary/aromatic N) is 1. The Hall–Kier alpha value is -2.98. The van der Waals surface area contributed by atoms with Crippen molar-refractivity contribution in [3.05, 3.63) is 28.8 Å². The molecular formula is C26H35ClN3O7+. The van der Waals surface area contributed by atoms with Crippen LogP contribution in [0.2, 0.25) is 5.02 Å². The van der Waals surface area contributed by atoms with Crippen LogP contribution in [-0.4, -0.2) is 71.5 Å². The number of aldehydes is 1. The molecule has 4 amide bonds. The molecule has 1 aliphatic carbocycles. The molecule has 0 radical (unpaired) electrons. The van der Waals surface area contributed by atoms with Crippen molar-refractivity contribution in [1.82, 2.24) is 10.6 Å². The average Bonchev–Trinajstić information content (AvgIpc) is 3.52. The number of quaternary nitrogens is 1. The second-order valence-corrected chi connectivity index (χ2v) is 11.3. The topological polar surface area (TPSA) is 139 Å². The first-order valence-corrected chi connectivity index (χ1v) is 12.9. The van der Waals surface area contributed by atoms with Gasteiger partial charge in [-0.2, -0.15) is 4.48 Å². The highest BCUT2D eigenvalue weighted by Crippen LogP contribution is 2.34.